The summed E-state index contributed by atoms with van der Waals surface area (Å²) in [4.78, 5) is 3.85. The molecule has 4 nitrogen and oxygen atoms in total. The van der Waals surface area contributed by atoms with Crippen molar-refractivity contribution in [3.05, 3.63) is 39.4 Å². The van der Waals surface area contributed by atoms with Crippen molar-refractivity contribution in [3.63, 3.8) is 0 Å². The largest absolute Gasteiger partial charge is 0.278 e. The molecule has 2 aromatic heterocycles. The summed E-state index contributed by atoms with van der Waals surface area (Å²) < 4.78 is 27.6. The van der Waals surface area contributed by atoms with E-state index in [1.165, 1.54) is 18.5 Å². The van der Waals surface area contributed by atoms with Crippen molar-refractivity contribution in [2.45, 2.75) is 4.21 Å². The maximum atomic E-state index is 12.0. The first-order valence-corrected chi connectivity index (χ1v) is 7.84. The van der Waals surface area contributed by atoms with Gasteiger partial charge >= 0.3 is 0 Å². The number of halogens is 2. The lowest BCUT2D eigenvalue weighted by molar-refractivity contribution is 0.603. The normalized spacial score (nSPS) is 11.4. The van der Waals surface area contributed by atoms with E-state index in [2.05, 4.69) is 25.6 Å². The molecule has 2 rings (SSSR count). The smallest absolute Gasteiger partial charge is 0.271 e. The molecule has 0 aliphatic heterocycles. The van der Waals surface area contributed by atoms with Gasteiger partial charge in [0.1, 0.15) is 4.21 Å². The summed E-state index contributed by atoms with van der Waals surface area (Å²) in [7, 11) is -3.59. The molecule has 17 heavy (non-hydrogen) atoms. The SMILES string of the molecule is O=S(=O)(Nc1ccncc1Br)c1ccc(Cl)s1. The van der Waals surface area contributed by atoms with E-state index in [0.717, 1.165) is 11.3 Å². The fraction of sp³-hybridized carbons (Fsp3) is 0. The molecular weight excluding hydrogens is 348 g/mol. The lowest BCUT2D eigenvalue weighted by Gasteiger charge is -2.07. The van der Waals surface area contributed by atoms with Gasteiger partial charge in [-0.15, -0.1) is 11.3 Å². The first-order valence-electron chi connectivity index (χ1n) is 4.37. The van der Waals surface area contributed by atoms with Crippen LogP contribution in [0.2, 0.25) is 4.34 Å². The van der Waals surface area contributed by atoms with E-state index in [0.29, 0.717) is 14.5 Å². The van der Waals surface area contributed by atoms with Crippen LogP contribution in [0.15, 0.2) is 39.3 Å². The highest BCUT2D eigenvalue weighted by Gasteiger charge is 2.17. The topological polar surface area (TPSA) is 59.1 Å². The molecule has 8 heteroatoms. The molecule has 0 unspecified atom stereocenters. The summed E-state index contributed by atoms with van der Waals surface area (Å²) in [5, 5.41) is 0. The van der Waals surface area contributed by atoms with Gasteiger partial charge in [-0.1, -0.05) is 11.6 Å². The van der Waals surface area contributed by atoms with Crippen LogP contribution in [-0.4, -0.2) is 13.4 Å². The summed E-state index contributed by atoms with van der Waals surface area (Å²) >= 11 is 9.93. The van der Waals surface area contributed by atoms with Crippen LogP contribution in [0.5, 0.6) is 0 Å². The average molecular weight is 354 g/mol. The van der Waals surface area contributed by atoms with Gasteiger partial charge in [0.15, 0.2) is 0 Å². The summed E-state index contributed by atoms with van der Waals surface area (Å²) in [6.45, 7) is 0. The fourth-order valence-electron chi connectivity index (χ4n) is 1.10. The fourth-order valence-corrected chi connectivity index (χ4v) is 4.14. The minimum atomic E-state index is -3.59. The van der Waals surface area contributed by atoms with Crippen molar-refractivity contribution < 1.29 is 8.42 Å². The monoisotopic (exact) mass is 352 g/mol. The third-order valence-corrected chi connectivity index (χ3v) is 5.55. The van der Waals surface area contributed by atoms with E-state index in [9.17, 15) is 8.42 Å². The van der Waals surface area contributed by atoms with Crippen molar-refractivity contribution in [1.29, 1.82) is 0 Å². The Morgan fingerprint density at radius 3 is 2.71 bits per heavy atom. The molecule has 1 N–H and O–H groups in total. The van der Waals surface area contributed by atoms with E-state index < -0.39 is 10.0 Å². The molecule has 2 aromatic rings. The Morgan fingerprint density at radius 2 is 2.12 bits per heavy atom. The predicted molar refractivity (Wildman–Crippen MR) is 72.1 cm³/mol. The van der Waals surface area contributed by atoms with Gasteiger partial charge in [-0.05, 0) is 34.1 Å². The quantitative estimate of drug-likeness (QED) is 0.920. The molecule has 0 aliphatic rings. The number of pyridine rings is 1. The number of aromatic nitrogens is 1. The number of hydrogen-bond acceptors (Lipinski definition) is 4. The molecule has 0 saturated heterocycles. The molecule has 0 aromatic carbocycles. The Bertz CT molecular complexity index is 642. The number of nitrogens with one attached hydrogen (secondary N) is 1. The highest BCUT2D eigenvalue weighted by Crippen LogP contribution is 2.29. The van der Waals surface area contributed by atoms with E-state index in [1.807, 2.05) is 0 Å². The molecule has 2 heterocycles. The molecule has 0 fully saturated rings. The van der Waals surface area contributed by atoms with E-state index in [1.54, 1.807) is 12.1 Å². The third kappa shape index (κ3) is 2.98. The maximum Gasteiger partial charge on any atom is 0.271 e. The van der Waals surface area contributed by atoms with Crippen molar-refractivity contribution in [3.8, 4) is 0 Å². The zero-order valence-corrected chi connectivity index (χ0v) is 12.2. The Hall–Kier alpha value is -0.630. The van der Waals surface area contributed by atoms with E-state index in [4.69, 9.17) is 11.6 Å². The van der Waals surface area contributed by atoms with Crippen LogP contribution in [0.25, 0.3) is 0 Å². The zero-order valence-electron chi connectivity index (χ0n) is 8.22. The molecule has 0 saturated carbocycles. The number of anilines is 1. The maximum absolute atomic E-state index is 12.0. The Kier molecular flexibility index (Phi) is 3.72. The van der Waals surface area contributed by atoms with Crippen LogP contribution in [0, 0.1) is 0 Å². The highest BCUT2D eigenvalue weighted by atomic mass is 79.9. The minimum Gasteiger partial charge on any atom is -0.278 e. The van der Waals surface area contributed by atoms with Crippen LogP contribution < -0.4 is 4.72 Å². The summed E-state index contributed by atoms with van der Waals surface area (Å²) in [6.07, 6.45) is 3.02. The van der Waals surface area contributed by atoms with Gasteiger partial charge in [0.2, 0.25) is 0 Å². The molecular formula is C9H6BrClN2O2S2. The van der Waals surface area contributed by atoms with Crippen molar-refractivity contribution in [1.82, 2.24) is 4.98 Å². The Balaban J connectivity index is 2.33. The second kappa shape index (κ2) is 4.93. The number of rotatable bonds is 3. The first kappa shape index (κ1) is 12.8. The van der Waals surface area contributed by atoms with Gasteiger partial charge in [0.25, 0.3) is 10.0 Å². The highest BCUT2D eigenvalue weighted by molar-refractivity contribution is 9.10. The van der Waals surface area contributed by atoms with Crippen LogP contribution in [0.1, 0.15) is 0 Å². The summed E-state index contributed by atoms with van der Waals surface area (Å²) in [5.41, 5.74) is 0.435. The standard InChI is InChI=1S/C9H6BrClN2O2S2/c10-6-5-12-4-3-7(6)13-17(14,15)9-2-1-8(11)16-9/h1-5H,(H,12,13). The van der Waals surface area contributed by atoms with E-state index >= 15 is 0 Å². The van der Waals surface area contributed by atoms with Crippen molar-refractivity contribution in [2.24, 2.45) is 0 Å². The van der Waals surface area contributed by atoms with Crippen LogP contribution in [0.4, 0.5) is 5.69 Å². The second-order valence-electron chi connectivity index (χ2n) is 3.02. The lowest BCUT2D eigenvalue weighted by atomic mass is 10.4. The number of sulfonamides is 1. The predicted octanol–water partition coefficient (Wildman–Crippen LogP) is 3.36. The van der Waals surface area contributed by atoms with Crippen molar-refractivity contribution >= 4 is 54.6 Å². The average Bonchev–Trinajstić information content (AvgIpc) is 2.69. The number of hydrogen-bond donors (Lipinski definition) is 1. The summed E-state index contributed by atoms with van der Waals surface area (Å²) in [5.74, 6) is 0. The van der Waals surface area contributed by atoms with Crippen LogP contribution in [0.3, 0.4) is 0 Å². The molecule has 0 amide bonds. The lowest BCUT2D eigenvalue weighted by Crippen LogP contribution is -2.11. The van der Waals surface area contributed by atoms with Gasteiger partial charge in [-0.25, -0.2) is 8.42 Å². The number of thiophene rings is 1. The first-order chi connectivity index (χ1) is 7.99. The summed E-state index contributed by atoms with van der Waals surface area (Å²) in [6, 6.07) is 4.57. The second-order valence-corrected chi connectivity index (χ2v) is 7.50. The molecule has 0 radical (unpaired) electrons. The molecule has 0 atom stereocenters. The van der Waals surface area contributed by atoms with Gasteiger partial charge < -0.3 is 0 Å². The van der Waals surface area contributed by atoms with Crippen LogP contribution >= 0.6 is 38.9 Å². The van der Waals surface area contributed by atoms with Crippen molar-refractivity contribution in [2.75, 3.05) is 4.72 Å². The Morgan fingerprint density at radius 1 is 1.35 bits per heavy atom. The third-order valence-electron chi connectivity index (χ3n) is 1.83. The van der Waals surface area contributed by atoms with Gasteiger partial charge in [-0.3, -0.25) is 9.71 Å². The van der Waals surface area contributed by atoms with Gasteiger partial charge in [0.05, 0.1) is 14.5 Å². The molecule has 0 bridgehead atoms. The van der Waals surface area contributed by atoms with Gasteiger partial charge in [0, 0.05) is 12.4 Å². The zero-order chi connectivity index (χ0) is 12.5. The molecule has 0 aliphatic carbocycles. The van der Waals surface area contributed by atoms with Gasteiger partial charge in [-0.2, -0.15) is 0 Å². The molecule has 0 spiro atoms. The minimum absolute atomic E-state index is 0.172. The molecule has 90 valence electrons. The van der Waals surface area contributed by atoms with E-state index in [-0.39, 0.29) is 4.21 Å². The van der Waals surface area contributed by atoms with Crippen LogP contribution in [-0.2, 0) is 10.0 Å². The number of nitrogens with zero attached hydrogens (tertiary/aromatic N) is 1. The Labute approximate surface area is 116 Å².